The average molecular weight is 281 g/mol. The summed E-state index contributed by atoms with van der Waals surface area (Å²) in [7, 11) is 0. The third-order valence-corrected chi connectivity index (χ3v) is 3.45. The number of hydrogen-bond acceptors (Lipinski definition) is 2. The molecule has 0 atom stereocenters. The minimum atomic E-state index is -0.937. The number of imidazole rings is 1. The predicted octanol–water partition coefficient (Wildman–Crippen LogP) is 4.06. The molecule has 0 saturated carbocycles. The number of para-hydroxylation sites is 1. The van der Waals surface area contributed by atoms with Crippen molar-refractivity contribution in [3.8, 4) is 11.4 Å². The fraction of sp³-hybridized carbons (Fsp3) is 0. The number of hydrogen-bond donors (Lipinski definition) is 1. The summed E-state index contributed by atoms with van der Waals surface area (Å²) >= 11 is 0. The van der Waals surface area contributed by atoms with Crippen LogP contribution >= 0.6 is 0 Å². The van der Waals surface area contributed by atoms with Crippen LogP contribution in [0.5, 0.6) is 0 Å². The fourth-order valence-electron chi connectivity index (χ4n) is 2.45. The van der Waals surface area contributed by atoms with E-state index in [1.165, 1.54) is 6.07 Å². The highest BCUT2D eigenvalue weighted by Gasteiger charge is 2.14. The van der Waals surface area contributed by atoms with Gasteiger partial charge in [-0.15, -0.1) is 0 Å². The minimum absolute atomic E-state index is 0.00546. The van der Waals surface area contributed by atoms with E-state index in [1.54, 1.807) is 12.3 Å². The van der Waals surface area contributed by atoms with Crippen LogP contribution in [-0.2, 0) is 0 Å². The van der Waals surface area contributed by atoms with E-state index in [0.29, 0.717) is 11.3 Å². The van der Waals surface area contributed by atoms with Crippen LogP contribution in [0.2, 0.25) is 0 Å². The van der Waals surface area contributed by atoms with E-state index in [2.05, 4.69) is 15.0 Å². The molecular formula is C16H9F2N3. The van der Waals surface area contributed by atoms with Gasteiger partial charge in [0, 0.05) is 17.1 Å². The Labute approximate surface area is 118 Å². The highest BCUT2D eigenvalue weighted by molar-refractivity contribution is 5.94. The monoisotopic (exact) mass is 281 g/mol. The molecule has 3 nitrogen and oxygen atoms in total. The van der Waals surface area contributed by atoms with Gasteiger partial charge < -0.3 is 4.98 Å². The Morgan fingerprint density at radius 1 is 0.952 bits per heavy atom. The number of benzene rings is 2. The molecule has 0 spiro atoms. The summed E-state index contributed by atoms with van der Waals surface area (Å²) in [6.07, 6.45) is 1.67. The van der Waals surface area contributed by atoms with E-state index in [0.717, 1.165) is 22.5 Å². The van der Waals surface area contributed by atoms with Crippen molar-refractivity contribution in [1.82, 2.24) is 15.0 Å². The highest BCUT2D eigenvalue weighted by Crippen LogP contribution is 2.28. The first-order valence-electron chi connectivity index (χ1n) is 6.42. The number of halogens is 2. The van der Waals surface area contributed by atoms with Crippen molar-refractivity contribution >= 4 is 21.9 Å². The predicted molar refractivity (Wildman–Crippen MR) is 76.7 cm³/mol. The first-order valence-corrected chi connectivity index (χ1v) is 6.42. The number of pyridine rings is 1. The molecule has 1 N–H and O–H groups in total. The Hall–Kier alpha value is -2.82. The molecule has 2 aromatic carbocycles. The largest absolute Gasteiger partial charge is 0.338 e. The van der Waals surface area contributed by atoms with Gasteiger partial charge in [-0.25, -0.2) is 13.8 Å². The van der Waals surface area contributed by atoms with Crippen LogP contribution in [0.25, 0.3) is 33.3 Å². The topological polar surface area (TPSA) is 41.6 Å². The van der Waals surface area contributed by atoms with Gasteiger partial charge in [-0.05, 0) is 24.3 Å². The summed E-state index contributed by atoms with van der Waals surface area (Å²) in [4.78, 5) is 11.5. The summed E-state index contributed by atoms with van der Waals surface area (Å²) in [5.74, 6) is -1.35. The maximum Gasteiger partial charge on any atom is 0.186 e. The lowest BCUT2D eigenvalue weighted by Gasteiger charge is -2.02. The van der Waals surface area contributed by atoms with Gasteiger partial charge in [0.1, 0.15) is 11.3 Å². The van der Waals surface area contributed by atoms with Crippen LogP contribution in [0.15, 0.2) is 48.7 Å². The third kappa shape index (κ3) is 1.78. The van der Waals surface area contributed by atoms with E-state index < -0.39 is 11.6 Å². The lowest BCUT2D eigenvalue weighted by atomic mass is 10.1. The zero-order valence-electron chi connectivity index (χ0n) is 10.8. The molecule has 0 unspecified atom stereocenters. The molecule has 4 rings (SSSR count). The number of H-pyrrole nitrogens is 1. The summed E-state index contributed by atoms with van der Waals surface area (Å²) in [6, 6.07) is 12.0. The molecule has 4 aromatic rings. The van der Waals surface area contributed by atoms with Crippen LogP contribution in [0.3, 0.4) is 0 Å². The second-order valence-electron chi connectivity index (χ2n) is 4.72. The minimum Gasteiger partial charge on any atom is -0.338 e. The molecule has 0 bridgehead atoms. The summed E-state index contributed by atoms with van der Waals surface area (Å²) in [5, 5.41) is 0.903. The van der Waals surface area contributed by atoms with E-state index in [1.807, 2.05) is 24.3 Å². The number of fused-ring (bicyclic) bond motifs is 2. The molecule has 0 aliphatic carbocycles. The first-order chi connectivity index (χ1) is 10.2. The van der Waals surface area contributed by atoms with E-state index in [9.17, 15) is 8.78 Å². The molecule has 0 aliphatic heterocycles. The lowest BCUT2D eigenvalue weighted by Crippen LogP contribution is -1.86. The number of aromatic amines is 1. The maximum atomic E-state index is 13.8. The van der Waals surface area contributed by atoms with Crippen molar-refractivity contribution in [1.29, 1.82) is 0 Å². The van der Waals surface area contributed by atoms with Crippen molar-refractivity contribution in [3.05, 3.63) is 60.3 Å². The molecule has 2 heterocycles. The van der Waals surface area contributed by atoms with Crippen molar-refractivity contribution in [2.75, 3.05) is 0 Å². The molecule has 102 valence electrons. The summed E-state index contributed by atoms with van der Waals surface area (Å²) in [6.45, 7) is 0. The van der Waals surface area contributed by atoms with Gasteiger partial charge in [0.05, 0.1) is 11.0 Å². The standard InChI is InChI=1S/C16H9F2N3/c17-11-5-6-13-15(14(11)18)21-16(20-13)10-7-8-19-12-4-2-1-3-9(10)12/h1-8H,(H,20,21). The average Bonchev–Trinajstić information content (AvgIpc) is 2.95. The zero-order chi connectivity index (χ0) is 14.4. The van der Waals surface area contributed by atoms with Gasteiger partial charge in [0.15, 0.2) is 11.6 Å². The van der Waals surface area contributed by atoms with Crippen LogP contribution in [0.1, 0.15) is 0 Å². The molecule has 0 fully saturated rings. The van der Waals surface area contributed by atoms with E-state index in [-0.39, 0.29) is 5.52 Å². The second kappa shape index (κ2) is 4.34. The van der Waals surface area contributed by atoms with Gasteiger partial charge in [-0.1, -0.05) is 18.2 Å². The Kier molecular flexibility index (Phi) is 2.47. The SMILES string of the molecule is Fc1ccc2[nH]c(-c3ccnc4ccccc34)nc2c1F. The molecule has 21 heavy (non-hydrogen) atoms. The lowest BCUT2D eigenvalue weighted by molar-refractivity contribution is 0.515. The van der Waals surface area contributed by atoms with Crippen LogP contribution in [0, 0.1) is 11.6 Å². The Morgan fingerprint density at radius 2 is 1.81 bits per heavy atom. The van der Waals surface area contributed by atoms with Gasteiger partial charge in [-0.2, -0.15) is 0 Å². The van der Waals surface area contributed by atoms with Crippen LogP contribution < -0.4 is 0 Å². The fourth-order valence-corrected chi connectivity index (χ4v) is 2.45. The van der Waals surface area contributed by atoms with E-state index >= 15 is 0 Å². The first kappa shape index (κ1) is 12.0. The quantitative estimate of drug-likeness (QED) is 0.571. The molecular weight excluding hydrogens is 272 g/mol. The molecule has 0 radical (unpaired) electrons. The van der Waals surface area contributed by atoms with Crippen molar-refractivity contribution in [2.45, 2.75) is 0 Å². The molecule has 2 aromatic heterocycles. The van der Waals surface area contributed by atoms with Crippen molar-refractivity contribution in [2.24, 2.45) is 0 Å². The van der Waals surface area contributed by atoms with Crippen LogP contribution in [-0.4, -0.2) is 15.0 Å². The molecule has 0 saturated heterocycles. The zero-order valence-corrected chi connectivity index (χ0v) is 10.8. The third-order valence-electron chi connectivity index (χ3n) is 3.45. The van der Waals surface area contributed by atoms with Gasteiger partial charge in [0.25, 0.3) is 0 Å². The number of nitrogens with zero attached hydrogens (tertiary/aromatic N) is 2. The smallest absolute Gasteiger partial charge is 0.186 e. The summed E-state index contributed by atoms with van der Waals surface area (Å²) in [5.41, 5.74) is 2.09. The van der Waals surface area contributed by atoms with E-state index in [4.69, 9.17) is 0 Å². The van der Waals surface area contributed by atoms with Crippen molar-refractivity contribution in [3.63, 3.8) is 0 Å². The van der Waals surface area contributed by atoms with Crippen molar-refractivity contribution < 1.29 is 8.78 Å². The summed E-state index contributed by atoms with van der Waals surface area (Å²) < 4.78 is 27.0. The second-order valence-corrected chi connectivity index (χ2v) is 4.72. The van der Waals surface area contributed by atoms with Gasteiger partial charge in [0.2, 0.25) is 0 Å². The number of rotatable bonds is 1. The number of nitrogens with one attached hydrogen (secondary N) is 1. The highest BCUT2D eigenvalue weighted by atomic mass is 19.2. The Bertz CT molecular complexity index is 971. The van der Waals surface area contributed by atoms with Crippen LogP contribution in [0.4, 0.5) is 8.78 Å². The molecule has 0 amide bonds. The Morgan fingerprint density at radius 3 is 2.71 bits per heavy atom. The molecule has 0 aliphatic rings. The Balaban J connectivity index is 2.03. The number of aromatic nitrogens is 3. The normalized spacial score (nSPS) is 11.3. The molecule has 5 heteroatoms. The van der Waals surface area contributed by atoms with Gasteiger partial charge >= 0.3 is 0 Å². The maximum absolute atomic E-state index is 13.8. The van der Waals surface area contributed by atoms with Gasteiger partial charge in [-0.3, -0.25) is 4.98 Å².